The number of halogens is 1. The Hall–Kier alpha value is -0.970. The molecular formula is C16H26FNO2. The summed E-state index contributed by atoms with van der Waals surface area (Å²) in [6.45, 7) is 6.79. The monoisotopic (exact) mass is 283 g/mol. The maximum atomic E-state index is 13.5. The van der Waals surface area contributed by atoms with E-state index in [1.54, 1.807) is 19.2 Å². The minimum atomic E-state index is -0.177. The molecule has 1 rings (SSSR count). The predicted molar refractivity (Wildman–Crippen MR) is 79.5 cm³/mol. The Bertz CT molecular complexity index is 364. The molecular weight excluding hydrogens is 257 g/mol. The van der Waals surface area contributed by atoms with Crippen molar-refractivity contribution in [2.24, 2.45) is 0 Å². The third-order valence-electron chi connectivity index (χ3n) is 3.09. The van der Waals surface area contributed by atoms with Gasteiger partial charge in [-0.25, -0.2) is 4.39 Å². The van der Waals surface area contributed by atoms with E-state index in [1.165, 1.54) is 0 Å². The normalized spacial score (nSPS) is 12.6. The number of methoxy groups -OCH3 is 1. The zero-order chi connectivity index (χ0) is 14.8. The molecule has 0 spiro atoms. The van der Waals surface area contributed by atoms with E-state index < -0.39 is 0 Å². The minimum Gasteiger partial charge on any atom is -0.382 e. The summed E-state index contributed by atoms with van der Waals surface area (Å²) in [5.41, 5.74) is 1.94. The number of ether oxygens (including phenoxy) is 2. The zero-order valence-electron chi connectivity index (χ0n) is 12.7. The fraction of sp³-hybridized carbons (Fsp3) is 0.625. The van der Waals surface area contributed by atoms with E-state index in [2.05, 4.69) is 12.2 Å². The molecule has 0 bridgehead atoms. The maximum absolute atomic E-state index is 13.5. The standard InChI is InChI=1S/C16H26FNO2/c1-4-6-18-16(5-7-20-9-8-19-3)14-10-13(2)11-15(17)12-14/h10-12,16,18H,4-9H2,1-3H3. The van der Waals surface area contributed by atoms with Crippen LogP contribution in [0.15, 0.2) is 18.2 Å². The van der Waals surface area contributed by atoms with Crippen molar-refractivity contribution < 1.29 is 13.9 Å². The largest absolute Gasteiger partial charge is 0.382 e. The molecule has 0 radical (unpaired) electrons. The van der Waals surface area contributed by atoms with Crippen molar-refractivity contribution in [2.75, 3.05) is 33.5 Å². The summed E-state index contributed by atoms with van der Waals surface area (Å²) in [5, 5.41) is 3.45. The van der Waals surface area contributed by atoms with Crippen LogP contribution in [-0.4, -0.2) is 33.5 Å². The molecule has 0 saturated heterocycles. The molecule has 0 aliphatic heterocycles. The molecule has 0 aromatic heterocycles. The van der Waals surface area contributed by atoms with Crippen molar-refractivity contribution in [3.63, 3.8) is 0 Å². The van der Waals surface area contributed by atoms with Crippen molar-refractivity contribution >= 4 is 0 Å². The number of hydrogen-bond acceptors (Lipinski definition) is 3. The molecule has 0 aliphatic rings. The smallest absolute Gasteiger partial charge is 0.123 e. The lowest BCUT2D eigenvalue weighted by Gasteiger charge is -2.19. The number of nitrogens with one attached hydrogen (secondary N) is 1. The van der Waals surface area contributed by atoms with Crippen LogP contribution < -0.4 is 5.32 Å². The molecule has 0 heterocycles. The van der Waals surface area contributed by atoms with Crippen LogP contribution >= 0.6 is 0 Å². The third-order valence-corrected chi connectivity index (χ3v) is 3.09. The van der Waals surface area contributed by atoms with E-state index in [0.717, 1.165) is 30.5 Å². The van der Waals surface area contributed by atoms with Crippen LogP contribution in [0.25, 0.3) is 0 Å². The van der Waals surface area contributed by atoms with Crippen molar-refractivity contribution in [2.45, 2.75) is 32.7 Å². The molecule has 1 unspecified atom stereocenters. The van der Waals surface area contributed by atoms with Crippen LogP contribution in [0.2, 0.25) is 0 Å². The Labute approximate surface area is 121 Å². The third kappa shape index (κ3) is 6.46. The topological polar surface area (TPSA) is 30.5 Å². The summed E-state index contributed by atoms with van der Waals surface area (Å²) in [6, 6.07) is 5.32. The summed E-state index contributed by atoms with van der Waals surface area (Å²) in [7, 11) is 1.66. The highest BCUT2D eigenvalue weighted by molar-refractivity contribution is 5.26. The Morgan fingerprint density at radius 1 is 1.20 bits per heavy atom. The zero-order valence-corrected chi connectivity index (χ0v) is 12.7. The quantitative estimate of drug-likeness (QED) is 0.669. The molecule has 1 aromatic carbocycles. The summed E-state index contributed by atoms with van der Waals surface area (Å²) in [5.74, 6) is -0.177. The van der Waals surface area contributed by atoms with E-state index in [9.17, 15) is 4.39 Å². The summed E-state index contributed by atoms with van der Waals surface area (Å²) in [4.78, 5) is 0. The molecule has 0 fully saturated rings. The second-order valence-electron chi connectivity index (χ2n) is 4.96. The van der Waals surface area contributed by atoms with Crippen LogP contribution in [0, 0.1) is 12.7 Å². The van der Waals surface area contributed by atoms with Gasteiger partial charge in [-0.15, -0.1) is 0 Å². The minimum absolute atomic E-state index is 0.131. The van der Waals surface area contributed by atoms with Gasteiger partial charge in [0, 0.05) is 19.8 Å². The Morgan fingerprint density at radius 3 is 2.65 bits per heavy atom. The van der Waals surface area contributed by atoms with Gasteiger partial charge in [-0.2, -0.15) is 0 Å². The van der Waals surface area contributed by atoms with E-state index >= 15 is 0 Å². The first-order valence-electron chi connectivity index (χ1n) is 7.24. The maximum Gasteiger partial charge on any atom is 0.123 e. The van der Waals surface area contributed by atoms with Crippen molar-refractivity contribution in [3.05, 3.63) is 35.1 Å². The van der Waals surface area contributed by atoms with Gasteiger partial charge in [0.05, 0.1) is 13.2 Å². The van der Waals surface area contributed by atoms with Crippen LogP contribution in [0.5, 0.6) is 0 Å². The van der Waals surface area contributed by atoms with Gasteiger partial charge in [0.25, 0.3) is 0 Å². The van der Waals surface area contributed by atoms with Crippen molar-refractivity contribution in [1.82, 2.24) is 5.32 Å². The highest BCUT2D eigenvalue weighted by Crippen LogP contribution is 2.20. The fourth-order valence-corrected chi connectivity index (χ4v) is 2.12. The van der Waals surface area contributed by atoms with Crippen molar-refractivity contribution in [3.8, 4) is 0 Å². The number of aryl methyl sites for hydroxylation is 1. The van der Waals surface area contributed by atoms with E-state index in [1.807, 2.05) is 13.0 Å². The lowest BCUT2D eigenvalue weighted by atomic mass is 10.0. The average Bonchev–Trinajstić information content (AvgIpc) is 2.40. The highest BCUT2D eigenvalue weighted by Gasteiger charge is 2.12. The van der Waals surface area contributed by atoms with E-state index in [0.29, 0.717) is 19.8 Å². The van der Waals surface area contributed by atoms with Crippen LogP contribution in [0.3, 0.4) is 0 Å². The molecule has 114 valence electrons. The molecule has 1 N–H and O–H groups in total. The number of rotatable bonds is 10. The molecule has 0 amide bonds. The molecule has 4 heteroatoms. The lowest BCUT2D eigenvalue weighted by Crippen LogP contribution is -2.24. The average molecular weight is 283 g/mol. The summed E-state index contributed by atoms with van der Waals surface area (Å²) in [6.07, 6.45) is 1.88. The Morgan fingerprint density at radius 2 is 2.00 bits per heavy atom. The van der Waals surface area contributed by atoms with Gasteiger partial charge < -0.3 is 14.8 Å². The van der Waals surface area contributed by atoms with Crippen LogP contribution in [-0.2, 0) is 9.47 Å². The van der Waals surface area contributed by atoms with Gasteiger partial charge >= 0.3 is 0 Å². The van der Waals surface area contributed by atoms with Crippen molar-refractivity contribution in [1.29, 1.82) is 0 Å². The number of benzene rings is 1. The first-order chi connectivity index (χ1) is 9.67. The number of hydrogen-bond donors (Lipinski definition) is 1. The van der Waals surface area contributed by atoms with Gasteiger partial charge in [0.15, 0.2) is 0 Å². The van der Waals surface area contributed by atoms with Gasteiger partial charge in [-0.3, -0.25) is 0 Å². The molecule has 0 saturated carbocycles. The second kappa shape index (κ2) is 9.86. The highest BCUT2D eigenvalue weighted by atomic mass is 19.1. The SMILES string of the molecule is CCCNC(CCOCCOC)c1cc(C)cc(F)c1. The van der Waals surface area contributed by atoms with Gasteiger partial charge in [-0.05, 0) is 49.6 Å². The Kier molecular flexibility index (Phi) is 8.42. The van der Waals surface area contributed by atoms with Gasteiger partial charge in [0.1, 0.15) is 5.82 Å². The van der Waals surface area contributed by atoms with Gasteiger partial charge in [-0.1, -0.05) is 13.0 Å². The van der Waals surface area contributed by atoms with Gasteiger partial charge in [0.2, 0.25) is 0 Å². The first-order valence-corrected chi connectivity index (χ1v) is 7.24. The predicted octanol–water partition coefficient (Wildman–Crippen LogP) is 3.23. The fourth-order valence-electron chi connectivity index (χ4n) is 2.12. The first kappa shape index (κ1) is 17.1. The lowest BCUT2D eigenvalue weighted by molar-refractivity contribution is 0.0657. The summed E-state index contributed by atoms with van der Waals surface area (Å²) >= 11 is 0. The van der Waals surface area contributed by atoms with Crippen LogP contribution in [0.4, 0.5) is 4.39 Å². The van der Waals surface area contributed by atoms with Crippen LogP contribution in [0.1, 0.15) is 36.9 Å². The molecule has 0 aliphatic carbocycles. The Balaban J connectivity index is 2.58. The molecule has 3 nitrogen and oxygen atoms in total. The molecule has 1 aromatic rings. The second-order valence-corrected chi connectivity index (χ2v) is 4.96. The van der Waals surface area contributed by atoms with E-state index in [4.69, 9.17) is 9.47 Å². The van der Waals surface area contributed by atoms with E-state index in [-0.39, 0.29) is 11.9 Å². The molecule has 1 atom stereocenters. The molecule has 20 heavy (non-hydrogen) atoms. The summed E-state index contributed by atoms with van der Waals surface area (Å²) < 4.78 is 24.0.